The van der Waals surface area contributed by atoms with Crippen LogP contribution in [0.15, 0.2) is 66.7 Å². The molecule has 0 aliphatic heterocycles. The van der Waals surface area contributed by atoms with Gasteiger partial charge in [0.05, 0.1) is 19.3 Å². The number of amides is 1. The fourth-order valence-corrected chi connectivity index (χ4v) is 2.31. The van der Waals surface area contributed by atoms with Crippen LogP contribution < -0.4 is 14.8 Å². The van der Waals surface area contributed by atoms with Gasteiger partial charge in [-0.3, -0.25) is 4.79 Å². The molecule has 0 unspecified atom stereocenters. The fourth-order valence-electron chi connectivity index (χ4n) is 2.31. The van der Waals surface area contributed by atoms with E-state index < -0.39 is 0 Å². The van der Waals surface area contributed by atoms with Crippen LogP contribution in [-0.4, -0.2) is 36.4 Å². The molecule has 26 heavy (non-hydrogen) atoms. The molecule has 0 spiro atoms. The zero-order valence-electron chi connectivity index (χ0n) is 14.4. The Morgan fingerprint density at radius 2 is 1.65 bits per heavy atom. The summed E-state index contributed by atoms with van der Waals surface area (Å²) in [6.45, 7) is 0.723. The maximum atomic E-state index is 12.1. The minimum atomic E-state index is -0.282. The van der Waals surface area contributed by atoms with Gasteiger partial charge in [-0.1, -0.05) is 30.3 Å². The van der Waals surface area contributed by atoms with Crippen molar-refractivity contribution in [1.82, 2.24) is 15.5 Å². The summed E-state index contributed by atoms with van der Waals surface area (Å²) in [7, 11) is 1.61. The second-order valence-electron chi connectivity index (χ2n) is 5.45. The minimum Gasteiger partial charge on any atom is -0.497 e. The number of hydrogen-bond acceptors (Lipinski definition) is 5. The molecular formula is C20H19N3O3. The van der Waals surface area contributed by atoms with Crippen LogP contribution in [0.2, 0.25) is 0 Å². The molecule has 2 aromatic carbocycles. The summed E-state index contributed by atoms with van der Waals surface area (Å²) < 4.78 is 10.6. The van der Waals surface area contributed by atoms with E-state index >= 15 is 0 Å². The van der Waals surface area contributed by atoms with Gasteiger partial charge in [-0.2, -0.15) is 0 Å². The van der Waals surface area contributed by atoms with Crippen molar-refractivity contribution in [1.29, 1.82) is 0 Å². The molecule has 0 saturated heterocycles. The summed E-state index contributed by atoms with van der Waals surface area (Å²) in [6, 6.07) is 20.4. The van der Waals surface area contributed by atoms with Gasteiger partial charge in [0.25, 0.3) is 5.91 Å². The Bertz CT molecular complexity index is 834. The quantitative estimate of drug-likeness (QED) is 0.664. The summed E-state index contributed by atoms with van der Waals surface area (Å²) in [5.74, 6) is 1.20. The largest absolute Gasteiger partial charge is 0.497 e. The molecule has 0 radical (unpaired) electrons. The second-order valence-corrected chi connectivity index (χ2v) is 5.45. The number of hydrogen-bond donors (Lipinski definition) is 1. The van der Waals surface area contributed by atoms with Crippen molar-refractivity contribution in [2.75, 3.05) is 20.3 Å². The summed E-state index contributed by atoms with van der Waals surface area (Å²) in [5, 5.41) is 10.9. The summed E-state index contributed by atoms with van der Waals surface area (Å²) in [4.78, 5) is 12.1. The van der Waals surface area contributed by atoms with Crippen LogP contribution in [0.4, 0.5) is 0 Å². The Morgan fingerprint density at radius 3 is 2.31 bits per heavy atom. The van der Waals surface area contributed by atoms with E-state index in [-0.39, 0.29) is 11.6 Å². The van der Waals surface area contributed by atoms with Gasteiger partial charge in [0.2, 0.25) is 0 Å². The Balaban J connectivity index is 1.47. The number of rotatable bonds is 7. The third kappa shape index (κ3) is 4.57. The van der Waals surface area contributed by atoms with E-state index in [9.17, 15) is 4.79 Å². The molecule has 3 rings (SSSR count). The number of nitrogens with one attached hydrogen (secondary N) is 1. The lowest BCUT2D eigenvalue weighted by Crippen LogP contribution is -2.29. The SMILES string of the molecule is COc1ccc(OCCNC(=O)c2ccc(-c3ccccc3)nn2)cc1. The van der Waals surface area contributed by atoms with Crippen LogP contribution in [-0.2, 0) is 0 Å². The lowest BCUT2D eigenvalue weighted by molar-refractivity contribution is 0.0941. The van der Waals surface area contributed by atoms with Crippen molar-refractivity contribution >= 4 is 5.91 Å². The molecule has 0 saturated carbocycles. The molecule has 1 heterocycles. The molecule has 0 bridgehead atoms. The number of nitrogens with zero attached hydrogens (tertiary/aromatic N) is 2. The number of aromatic nitrogens is 2. The van der Waals surface area contributed by atoms with Gasteiger partial charge in [0, 0.05) is 5.56 Å². The highest BCUT2D eigenvalue weighted by molar-refractivity contribution is 5.92. The first-order valence-electron chi connectivity index (χ1n) is 8.20. The van der Waals surface area contributed by atoms with Crippen LogP contribution in [0, 0.1) is 0 Å². The Morgan fingerprint density at radius 1 is 0.923 bits per heavy atom. The number of methoxy groups -OCH3 is 1. The molecule has 132 valence electrons. The first-order valence-corrected chi connectivity index (χ1v) is 8.20. The molecule has 6 nitrogen and oxygen atoms in total. The molecule has 1 N–H and O–H groups in total. The van der Waals surface area contributed by atoms with Crippen LogP contribution in [0.25, 0.3) is 11.3 Å². The molecule has 3 aromatic rings. The molecule has 1 amide bonds. The standard InChI is InChI=1S/C20H19N3O3/c1-25-16-7-9-17(10-8-16)26-14-13-21-20(24)19-12-11-18(22-23-19)15-5-3-2-4-6-15/h2-12H,13-14H2,1H3,(H,21,24). The minimum absolute atomic E-state index is 0.272. The average Bonchev–Trinajstić information content (AvgIpc) is 2.72. The highest BCUT2D eigenvalue weighted by Gasteiger charge is 2.08. The van der Waals surface area contributed by atoms with Crippen molar-refractivity contribution in [2.45, 2.75) is 0 Å². The van der Waals surface area contributed by atoms with Gasteiger partial charge in [0.15, 0.2) is 5.69 Å². The van der Waals surface area contributed by atoms with Crippen molar-refractivity contribution in [3.63, 3.8) is 0 Å². The molecule has 0 fully saturated rings. The van der Waals surface area contributed by atoms with Gasteiger partial charge >= 0.3 is 0 Å². The van der Waals surface area contributed by atoms with Crippen molar-refractivity contribution in [3.8, 4) is 22.8 Å². The Hall–Kier alpha value is -3.41. The van der Waals surface area contributed by atoms with E-state index in [1.165, 1.54) is 0 Å². The third-order valence-electron chi connectivity index (χ3n) is 3.68. The van der Waals surface area contributed by atoms with E-state index in [1.54, 1.807) is 19.2 Å². The molecule has 0 aliphatic rings. The molecular weight excluding hydrogens is 330 g/mol. The van der Waals surface area contributed by atoms with E-state index in [4.69, 9.17) is 9.47 Å². The highest BCUT2D eigenvalue weighted by atomic mass is 16.5. The van der Waals surface area contributed by atoms with E-state index in [1.807, 2.05) is 54.6 Å². The van der Waals surface area contributed by atoms with E-state index in [0.29, 0.717) is 18.9 Å². The Labute approximate surface area is 151 Å². The number of carbonyl (C=O) groups is 1. The van der Waals surface area contributed by atoms with Gasteiger partial charge < -0.3 is 14.8 Å². The van der Waals surface area contributed by atoms with Crippen LogP contribution in [0.3, 0.4) is 0 Å². The van der Waals surface area contributed by atoms with Crippen molar-refractivity contribution in [3.05, 3.63) is 72.4 Å². The monoisotopic (exact) mass is 349 g/mol. The average molecular weight is 349 g/mol. The lowest BCUT2D eigenvalue weighted by atomic mass is 10.1. The molecule has 6 heteroatoms. The summed E-state index contributed by atoms with van der Waals surface area (Å²) >= 11 is 0. The normalized spacial score (nSPS) is 10.2. The van der Waals surface area contributed by atoms with Crippen molar-refractivity contribution < 1.29 is 14.3 Å². The number of benzene rings is 2. The lowest BCUT2D eigenvalue weighted by Gasteiger charge is -2.08. The van der Waals surface area contributed by atoms with Crippen LogP contribution in [0.5, 0.6) is 11.5 Å². The predicted molar refractivity (Wildman–Crippen MR) is 98.3 cm³/mol. The van der Waals surface area contributed by atoms with Gasteiger partial charge in [-0.25, -0.2) is 0 Å². The number of ether oxygens (including phenoxy) is 2. The smallest absolute Gasteiger partial charge is 0.271 e. The van der Waals surface area contributed by atoms with Crippen LogP contribution in [0.1, 0.15) is 10.5 Å². The molecule has 0 aliphatic carbocycles. The predicted octanol–water partition coefficient (Wildman–Crippen LogP) is 2.96. The first-order chi connectivity index (χ1) is 12.8. The second kappa shape index (κ2) is 8.62. The summed E-state index contributed by atoms with van der Waals surface area (Å²) in [5.41, 5.74) is 1.96. The van der Waals surface area contributed by atoms with Gasteiger partial charge in [-0.15, -0.1) is 10.2 Å². The van der Waals surface area contributed by atoms with Crippen molar-refractivity contribution in [2.24, 2.45) is 0 Å². The van der Waals surface area contributed by atoms with E-state index in [2.05, 4.69) is 15.5 Å². The topological polar surface area (TPSA) is 73.3 Å². The van der Waals surface area contributed by atoms with E-state index in [0.717, 1.165) is 17.0 Å². The maximum Gasteiger partial charge on any atom is 0.271 e. The zero-order chi connectivity index (χ0) is 18.2. The molecule has 0 atom stereocenters. The number of carbonyl (C=O) groups excluding carboxylic acids is 1. The first kappa shape index (κ1) is 17.4. The highest BCUT2D eigenvalue weighted by Crippen LogP contribution is 2.17. The Kier molecular flexibility index (Phi) is 5.77. The third-order valence-corrected chi connectivity index (χ3v) is 3.68. The zero-order valence-corrected chi connectivity index (χ0v) is 14.4. The van der Waals surface area contributed by atoms with Crippen LogP contribution >= 0.6 is 0 Å². The fraction of sp³-hybridized carbons (Fsp3) is 0.150. The summed E-state index contributed by atoms with van der Waals surface area (Å²) in [6.07, 6.45) is 0. The maximum absolute atomic E-state index is 12.1. The van der Waals surface area contributed by atoms with Gasteiger partial charge in [0.1, 0.15) is 18.1 Å². The van der Waals surface area contributed by atoms with Gasteiger partial charge in [-0.05, 0) is 36.4 Å². The molecule has 1 aromatic heterocycles.